The minimum absolute atomic E-state index is 0.0316. The largest absolute Gasteiger partial charge is 0.396 e. The predicted molar refractivity (Wildman–Crippen MR) is 101 cm³/mol. The number of hydrogen-bond donors (Lipinski definition) is 3. The molecule has 2 saturated carbocycles. The third-order valence-electron chi connectivity index (χ3n) is 8.34. The summed E-state index contributed by atoms with van der Waals surface area (Å²) in [5, 5.41) is 31.5. The molecular formula is C22H38O3. The summed E-state index contributed by atoms with van der Waals surface area (Å²) in [5.74, 6) is 1.45. The summed E-state index contributed by atoms with van der Waals surface area (Å²) >= 11 is 0. The van der Waals surface area contributed by atoms with Gasteiger partial charge in [-0.1, -0.05) is 45.8 Å². The smallest absolute Gasteiger partial charge is 0.0737 e. The lowest BCUT2D eigenvalue weighted by molar-refractivity contribution is -0.197. The van der Waals surface area contributed by atoms with Crippen molar-refractivity contribution in [3.05, 3.63) is 11.6 Å². The Morgan fingerprint density at radius 3 is 2.52 bits per heavy atom. The van der Waals surface area contributed by atoms with Crippen LogP contribution >= 0.6 is 0 Å². The molecule has 0 spiro atoms. The molecule has 3 rings (SSSR count). The van der Waals surface area contributed by atoms with E-state index in [0.29, 0.717) is 30.6 Å². The molecule has 2 fully saturated rings. The van der Waals surface area contributed by atoms with E-state index in [1.54, 1.807) is 0 Å². The van der Waals surface area contributed by atoms with E-state index in [1.807, 2.05) is 0 Å². The van der Waals surface area contributed by atoms with E-state index < -0.39 is 5.60 Å². The van der Waals surface area contributed by atoms with Crippen LogP contribution in [0, 0.1) is 34.5 Å². The number of fused-ring (bicyclic) bond motifs is 3. The van der Waals surface area contributed by atoms with Crippen LogP contribution in [0.5, 0.6) is 0 Å². The van der Waals surface area contributed by atoms with Gasteiger partial charge in [-0.05, 0) is 67.1 Å². The topological polar surface area (TPSA) is 60.7 Å². The highest BCUT2D eigenvalue weighted by Gasteiger charge is 2.62. The van der Waals surface area contributed by atoms with Gasteiger partial charge in [0.2, 0.25) is 0 Å². The van der Waals surface area contributed by atoms with Gasteiger partial charge in [-0.25, -0.2) is 0 Å². The molecule has 0 aliphatic heterocycles. The van der Waals surface area contributed by atoms with Crippen LogP contribution < -0.4 is 0 Å². The van der Waals surface area contributed by atoms with Crippen molar-refractivity contribution >= 4 is 0 Å². The van der Waals surface area contributed by atoms with Gasteiger partial charge in [0.05, 0.1) is 5.60 Å². The molecule has 0 radical (unpaired) electrons. The highest BCUT2D eigenvalue weighted by atomic mass is 16.3. The first-order chi connectivity index (χ1) is 11.7. The van der Waals surface area contributed by atoms with Crippen molar-refractivity contribution in [2.75, 3.05) is 13.2 Å². The molecule has 0 aromatic heterocycles. The molecule has 3 N–H and O–H groups in total. The Labute approximate surface area is 153 Å². The zero-order chi connectivity index (χ0) is 18.5. The zero-order valence-corrected chi connectivity index (χ0v) is 16.6. The average Bonchev–Trinajstić information content (AvgIpc) is 2.57. The van der Waals surface area contributed by atoms with E-state index >= 15 is 0 Å². The number of rotatable bonds is 4. The van der Waals surface area contributed by atoms with Gasteiger partial charge in [0.25, 0.3) is 0 Å². The highest BCUT2D eigenvalue weighted by Crippen LogP contribution is 2.66. The van der Waals surface area contributed by atoms with Gasteiger partial charge in [0.15, 0.2) is 0 Å². The minimum Gasteiger partial charge on any atom is -0.396 e. The fourth-order valence-electron chi connectivity index (χ4n) is 6.76. The van der Waals surface area contributed by atoms with Crippen LogP contribution in [-0.2, 0) is 0 Å². The van der Waals surface area contributed by atoms with Gasteiger partial charge in [0, 0.05) is 19.1 Å². The van der Waals surface area contributed by atoms with Gasteiger partial charge in [-0.2, -0.15) is 0 Å². The Hall–Kier alpha value is -0.380. The van der Waals surface area contributed by atoms with E-state index in [9.17, 15) is 15.3 Å². The van der Waals surface area contributed by atoms with Crippen LogP contribution in [0.15, 0.2) is 11.6 Å². The molecular weight excluding hydrogens is 312 g/mol. The number of aliphatic hydroxyl groups excluding tert-OH is 2. The third kappa shape index (κ3) is 3.00. The van der Waals surface area contributed by atoms with E-state index in [0.717, 1.165) is 19.3 Å². The summed E-state index contributed by atoms with van der Waals surface area (Å²) in [7, 11) is 0. The molecule has 3 aliphatic rings. The Balaban J connectivity index is 2.06. The molecule has 0 bridgehead atoms. The van der Waals surface area contributed by atoms with E-state index in [4.69, 9.17) is 0 Å². The van der Waals surface area contributed by atoms with E-state index in [2.05, 4.69) is 33.8 Å². The Morgan fingerprint density at radius 2 is 1.92 bits per heavy atom. The number of allylic oxidation sites excluding steroid dienone is 1. The molecule has 25 heavy (non-hydrogen) atoms. The first-order valence-electron chi connectivity index (χ1n) is 10.3. The Bertz CT molecular complexity index is 527. The molecule has 3 aliphatic carbocycles. The molecule has 0 amide bonds. The minimum atomic E-state index is -0.835. The fraction of sp³-hybridized carbons (Fsp3) is 0.909. The van der Waals surface area contributed by atoms with Crippen LogP contribution in [0.4, 0.5) is 0 Å². The molecule has 0 aromatic carbocycles. The molecule has 144 valence electrons. The average molecular weight is 351 g/mol. The van der Waals surface area contributed by atoms with Crippen LogP contribution in [0.3, 0.4) is 0 Å². The summed E-state index contributed by atoms with van der Waals surface area (Å²) in [6, 6.07) is 0. The van der Waals surface area contributed by atoms with Crippen LogP contribution in [0.1, 0.15) is 72.6 Å². The summed E-state index contributed by atoms with van der Waals surface area (Å²) < 4.78 is 0. The summed E-state index contributed by atoms with van der Waals surface area (Å²) in [6.45, 7) is 9.36. The molecule has 6 atom stereocenters. The maximum atomic E-state index is 11.7. The van der Waals surface area contributed by atoms with Crippen molar-refractivity contribution in [2.24, 2.45) is 34.5 Å². The second-order valence-corrected chi connectivity index (χ2v) is 10.1. The van der Waals surface area contributed by atoms with Crippen molar-refractivity contribution in [1.29, 1.82) is 0 Å². The monoisotopic (exact) mass is 350 g/mol. The third-order valence-corrected chi connectivity index (χ3v) is 8.34. The Morgan fingerprint density at radius 1 is 1.20 bits per heavy atom. The normalized spacial score (nSPS) is 47.2. The summed E-state index contributed by atoms with van der Waals surface area (Å²) in [4.78, 5) is 0. The molecule has 0 saturated heterocycles. The Kier molecular flexibility index (Phi) is 5.16. The SMILES string of the molecule is CC(C)C1=C[C@H]2[C@H](CC1)[C@@]1(C)CCC[C@@](C)(CO)[C@@H]1C[C@@]2(O)CCO. The maximum Gasteiger partial charge on any atom is 0.0737 e. The van der Waals surface area contributed by atoms with Crippen LogP contribution in [0.25, 0.3) is 0 Å². The molecule has 3 nitrogen and oxygen atoms in total. The second kappa shape index (κ2) is 6.65. The molecule has 0 unspecified atom stereocenters. The van der Waals surface area contributed by atoms with E-state index in [1.165, 1.54) is 18.4 Å². The standard InChI is InChI=1S/C22H38O3/c1-15(2)16-6-7-17-18(12-16)22(25,10-11-23)13-19-20(3,14-24)8-5-9-21(17,19)4/h12,15,17-19,23-25H,5-11,13-14H2,1-4H3/t17-,18-,19-,20-,21+,22-/m0/s1. The lowest BCUT2D eigenvalue weighted by Gasteiger charge is -2.64. The molecule has 0 heterocycles. The number of aliphatic hydroxyl groups is 3. The summed E-state index contributed by atoms with van der Waals surface area (Å²) in [6.07, 6.45) is 9.22. The fourth-order valence-corrected chi connectivity index (χ4v) is 6.76. The van der Waals surface area contributed by atoms with Gasteiger partial charge >= 0.3 is 0 Å². The highest BCUT2D eigenvalue weighted by molar-refractivity contribution is 5.22. The second-order valence-electron chi connectivity index (χ2n) is 10.1. The van der Waals surface area contributed by atoms with Crippen LogP contribution in [-0.4, -0.2) is 34.1 Å². The first kappa shape index (κ1) is 19.4. The first-order valence-corrected chi connectivity index (χ1v) is 10.3. The quantitative estimate of drug-likeness (QED) is 0.674. The van der Waals surface area contributed by atoms with Crippen molar-refractivity contribution in [3.63, 3.8) is 0 Å². The van der Waals surface area contributed by atoms with Crippen molar-refractivity contribution in [3.8, 4) is 0 Å². The predicted octanol–water partition coefficient (Wildman–Crippen LogP) is 3.92. The lowest BCUT2D eigenvalue weighted by atomic mass is 9.41. The maximum absolute atomic E-state index is 11.7. The molecule has 0 aromatic rings. The summed E-state index contributed by atoms with van der Waals surface area (Å²) in [5.41, 5.74) is 0.711. The van der Waals surface area contributed by atoms with Crippen molar-refractivity contribution in [1.82, 2.24) is 0 Å². The van der Waals surface area contributed by atoms with Gasteiger partial charge < -0.3 is 15.3 Å². The lowest BCUT2D eigenvalue weighted by Crippen LogP contribution is -2.62. The van der Waals surface area contributed by atoms with Gasteiger partial charge in [-0.15, -0.1) is 0 Å². The van der Waals surface area contributed by atoms with E-state index in [-0.39, 0.29) is 30.0 Å². The van der Waals surface area contributed by atoms with Crippen molar-refractivity contribution in [2.45, 2.75) is 78.2 Å². The number of hydrogen-bond acceptors (Lipinski definition) is 3. The molecule has 3 heteroatoms. The van der Waals surface area contributed by atoms with Crippen LogP contribution in [0.2, 0.25) is 0 Å². The zero-order valence-electron chi connectivity index (χ0n) is 16.6. The van der Waals surface area contributed by atoms with Crippen molar-refractivity contribution < 1.29 is 15.3 Å². The van der Waals surface area contributed by atoms with Gasteiger partial charge in [-0.3, -0.25) is 0 Å². The van der Waals surface area contributed by atoms with Gasteiger partial charge in [0.1, 0.15) is 0 Å².